The highest BCUT2D eigenvalue weighted by molar-refractivity contribution is 5.51. The molecule has 0 aliphatic carbocycles. The summed E-state index contributed by atoms with van der Waals surface area (Å²) in [6.45, 7) is -0.435. The lowest BCUT2D eigenvalue weighted by Gasteiger charge is -2.01. The molecule has 3 heteroatoms. The Bertz CT molecular complexity index is 308. The van der Waals surface area contributed by atoms with Gasteiger partial charge in [-0.3, -0.25) is 0 Å². The zero-order chi connectivity index (χ0) is 9.68. The number of benzene rings is 1. The van der Waals surface area contributed by atoms with Crippen molar-refractivity contribution < 1.29 is 14.6 Å². The molecule has 0 unspecified atom stereocenters. The summed E-state index contributed by atoms with van der Waals surface area (Å²) < 4.78 is 13.3. The van der Waals surface area contributed by atoms with Crippen molar-refractivity contribution in [2.24, 2.45) is 0 Å². The van der Waals surface area contributed by atoms with E-state index in [4.69, 9.17) is 10.2 Å². The van der Waals surface area contributed by atoms with E-state index in [1.807, 2.05) is 0 Å². The Labute approximate surface area is 76.0 Å². The molecule has 0 spiro atoms. The first-order valence-electron chi connectivity index (χ1n) is 3.95. The van der Waals surface area contributed by atoms with Crippen molar-refractivity contribution in [3.05, 3.63) is 41.2 Å². The summed E-state index contributed by atoms with van der Waals surface area (Å²) in [7, 11) is 0. The zero-order valence-corrected chi connectivity index (χ0v) is 7.07. The van der Waals surface area contributed by atoms with Gasteiger partial charge < -0.3 is 10.2 Å². The number of halogens is 1. The fourth-order valence-corrected chi connectivity index (χ4v) is 1.03. The van der Waals surface area contributed by atoms with Crippen LogP contribution < -0.4 is 0 Å². The van der Waals surface area contributed by atoms with Gasteiger partial charge in [-0.25, -0.2) is 4.39 Å². The van der Waals surface area contributed by atoms with Crippen LogP contribution in [0.4, 0.5) is 4.39 Å². The number of hydrogen-bond acceptors (Lipinski definition) is 2. The Kier molecular flexibility index (Phi) is 3.61. The highest BCUT2D eigenvalue weighted by Gasteiger charge is 2.03. The summed E-state index contributed by atoms with van der Waals surface area (Å²) in [6.07, 6.45) is 2.92. The molecule has 0 fully saturated rings. The molecule has 13 heavy (non-hydrogen) atoms. The van der Waals surface area contributed by atoms with E-state index in [1.165, 1.54) is 18.2 Å². The predicted octanol–water partition coefficient (Wildman–Crippen LogP) is 1.32. The Morgan fingerprint density at radius 1 is 1.31 bits per heavy atom. The first-order valence-corrected chi connectivity index (χ1v) is 3.95. The van der Waals surface area contributed by atoms with Crippen molar-refractivity contribution in [2.75, 3.05) is 6.61 Å². The third-order valence-electron chi connectivity index (χ3n) is 1.68. The quantitative estimate of drug-likeness (QED) is 0.740. The van der Waals surface area contributed by atoms with Crippen LogP contribution >= 0.6 is 0 Å². The summed E-state index contributed by atoms with van der Waals surface area (Å²) in [5.74, 6) is -0.435. The molecular weight excluding hydrogens is 171 g/mol. The van der Waals surface area contributed by atoms with Crippen molar-refractivity contribution in [1.82, 2.24) is 0 Å². The van der Waals surface area contributed by atoms with Gasteiger partial charge in [-0.1, -0.05) is 30.4 Å². The maximum Gasteiger partial charge on any atom is 0.135 e. The second kappa shape index (κ2) is 4.74. The summed E-state index contributed by atoms with van der Waals surface area (Å²) >= 11 is 0. The molecule has 70 valence electrons. The summed E-state index contributed by atoms with van der Waals surface area (Å²) in [4.78, 5) is 0. The number of aliphatic hydroxyl groups excluding tert-OH is 2. The van der Waals surface area contributed by atoms with Crippen molar-refractivity contribution in [3.8, 4) is 0 Å². The van der Waals surface area contributed by atoms with Gasteiger partial charge in [0.25, 0.3) is 0 Å². The molecule has 0 aromatic heterocycles. The van der Waals surface area contributed by atoms with E-state index in [9.17, 15) is 4.39 Å². The van der Waals surface area contributed by atoms with Gasteiger partial charge >= 0.3 is 0 Å². The third kappa shape index (κ3) is 2.37. The van der Waals surface area contributed by atoms with Crippen LogP contribution in [0.25, 0.3) is 6.08 Å². The average molecular weight is 182 g/mol. The molecule has 0 heterocycles. The van der Waals surface area contributed by atoms with Gasteiger partial charge in [-0.15, -0.1) is 0 Å². The standard InChI is InChI=1S/C10H11FO2/c11-10-8(5-2-6-12)3-1-4-9(10)7-13/h1-5,12-13H,6-7H2. The fraction of sp³-hybridized carbons (Fsp3) is 0.200. The third-order valence-corrected chi connectivity index (χ3v) is 1.68. The fourth-order valence-electron chi connectivity index (χ4n) is 1.03. The first-order chi connectivity index (χ1) is 6.29. The van der Waals surface area contributed by atoms with Crippen LogP contribution in [0, 0.1) is 5.82 Å². The number of aliphatic hydroxyl groups is 2. The van der Waals surface area contributed by atoms with Gasteiger partial charge in [0.2, 0.25) is 0 Å². The minimum Gasteiger partial charge on any atom is -0.392 e. The molecule has 1 aromatic carbocycles. The van der Waals surface area contributed by atoms with Crippen molar-refractivity contribution in [3.63, 3.8) is 0 Å². The first kappa shape index (κ1) is 9.89. The molecule has 0 atom stereocenters. The van der Waals surface area contributed by atoms with Crippen LogP contribution in [0.1, 0.15) is 11.1 Å². The van der Waals surface area contributed by atoms with Crippen LogP contribution in [0.5, 0.6) is 0 Å². The summed E-state index contributed by atoms with van der Waals surface area (Å²) in [6, 6.07) is 4.76. The van der Waals surface area contributed by atoms with Crippen LogP contribution in [-0.2, 0) is 6.61 Å². The normalized spacial score (nSPS) is 11.0. The molecule has 1 aromatic rings. The molecule has 0 radical (unpaired) electrons. The van der Waals surface area contributed by atoms with E-state index in [-0.39, 0.29) is 18.8 Å². The molecule has 0 bridgehead atoms. The Balaban J connectivity index is 3.01. The number of hydrogen-bond donors (Lipinski definition) is 2. The minimum atomic E-state index is -0.435. The van der Waals surface area contributed by atoms with E-state index in [0.717, 1.165) is 0 Å². The van der Waals surface area contributed by atoms with Crippen molar-refractivity contribution in [2.45, 2.75) is 6.61 Å². The average Bonchev–Trinajstić information content (AvgIpc) is 2.16. The topological polar surface area (TPSA) is 40.5 Å². The molecule has 0 amide bonds. The second-order valence-electron chi connectivity index (χ2n) is 2.56. The van der Waals surface area contributed by atoms with Crippen LogP contribution in [-0.4, -0.2) is 16.8 Å². The molecule has 0 aliphatic heterocycles. The van der Waals surface area contributed by atoms with E-state index in [1.54, 1.807) is 12.1 Å². The molecule has 2 nitrogen and oxygen atoms in total. The van der Waals surface area contributed by atoms with Gasteiger partial charge in [-0.2, -0.15) is 0 Å². The number of rotatable bonds is 3. The monoisotopic (exact) mass is 182 g/mol. The predicted molar refractivity (Wildman–Crippen MR) is 48.4 cm³/mol. The molecule has 0 saturated carbocycles. The molecule has 1 rings (SSSR count). The molecular formula is C10H11FO2. The van der Waals surface area contributed by atoms with Gasteiger partial charge in [0.15, 0.2) is 0 Å². The maximum atomic E-state index is 13.3. The van der Waals surface area contributed by atoms with Crippen LogP contribution in [0.2, 0.25) is 0 Å². The maximum absolute atomic E-state index is 13.3. The van der Waals surface area contributed by atoms with Gasteiger partial charge in [0, 0.05) is 11.1 Å². The highest BCUT2D eigenvalue weighted by atomic mass is 19.1. The van der Waals surface area contributed by atoms with E-state index in [2.05, 4.69) is 0 Å². The Morgan fingerprint density at radius 2 is 2.08 bits per heavy atom. The second-order valence-corrected chi connectivity index (χ2v) is 2.56. The Morgan fingerprint density at radius 3 is 2.69 bits per heavy atom. The lowest BCUT2D eigenvalue weighted by molar-refractivity contribution is 0.275. The van der Waals surface area contributed by atoms with Crippen molar-refractivity contribution >= 4 is 6.08 Å². The zero-order valence-electron chi connectivity index (χ0n) is 7.07. The smallest absolute Gasteiger partial charge is 0.135 e. The van der Waals surface area contributed by atoms with E-state index >= 15 is 0 Å². The van der Waals surface area contributed by atoms with Crippen molar-refractivity contribution in [1.29, 1.82) is 0 Å². The van der Waals surface area contributed by atoms with Gasteiger partial charge in [-0.05, 0) is 0 Å². The van der Waals surface area contributed by atoms with Crippen LogP contribution in [0.3, 0.4) is 0 Å². The summed E-state index contributed by atoms with van der Waals surface area (Å²) in [5, 5.41) is 17.2. The van der Waals surface area contributed by atoms with Gasteiger partial charge in [0.05, 0.1) is 13.2 Å². The SMILES string of the molecule is OCC=Cc1cccc(CO)c1F. The van der Waals surface area contributed by atoms with E-state index in [0.29, 0.717) is 5.56 Å². The molecule has 0 saturated heterocycles. The largest absolute Gasteiger partial charge is 0.392 e. The van der Waals surface area contributed by atoms with Crippen LogP contribution in [0.15, 0.2) is 24.3 Å². The lowest BCUT2D eigenvalue weighted by atomic mass is 10.1. The lowest BCUT2D eigenvalue weighted by Crippen LogP contribution is -1.92. The molecule has 2 N–H and O–H groups in total. The highest BCUT2D eigenvalue weighted by Crippen LogP contribution is 2.14. The minimum absolute atomic E-state index is 0.122. The Hall–Kier alpha value is -1.19. The summed E-state index contributed by atoms with van der Waals surface area (Å²) in [5.41, 5.74) is 0.640. The molecule has 0 aliphatic rings. The van der Waals surface area contributed by atoms with Gasteiger partial charge in [0.1, 0.15) is 5.82 Å². The van der Waals surface area contributed by atoms with E-state index < -0.39 is 5.82 Å².